The predicted molar refractivity (Wildman–Crippen MR) is 81.8 cm³/mol. The van der Waals surface area contributed by atoms with Crippen LogP contribution in [0.1, 0.15) is 19.4 Å². The largest absolute Gasteiger partial charge is 0.469 e. The van der Waals surface area contributed by atoms with Gasteiger partial charge in [-0.25, -0.2) is 8.42 Å². The number of methoxy groups -OCH3 is 1. The minimum absolute atomic E-state index is 0.0388. The molecule has 1 rings (SSSR count). The topological polar surface area (TPSA) is 87.5 Å². The van der Waals surface area contributed by atoms with Gasteiger partial charge in [0, 0.05) is 13.1 Å². The van der Waals surface area contributed by atoms with Crippen LogP contribution in [0, 0.1) is 17.2 Å². The number of hydrogen-bond acceptors (Lipinski definition) is 5. The van der Waals surface area contributed by atoms with Crippen LogP contribution in [0.15, 0.2) is 23.1 Å². The van der Waals surface area contributed by atoms with Crippen molar-refractivity contribution in [1.82, 2.24) is 4.31 Å². The minimum Gasteiger partial charge on any atom is -0.469 e. The molecule has 6 nitrogen and oxygen atoms in total. The summed E-state index contributed by atoms with van der Waals surface area (Å²) in [5.74, 6) is -1.12. The molecule has 0 aliphatic heterocycles. The molecule has 1 aromatic rings. The minimum atomic E-state index is -3.93. The molecular formula is C14H17ClN2O4S. The van der Waals surface area contributed by atoms with E-state index < -0.39 is 21.9 Å². The average molecular weight is 345 g/mol. The highest BCUT2D eigenvalue weighted by Crippen LogP contribution is 2.26. The Hall–Kier alpha value is -1.62. The van der Waals surface area contributed by atoms with Gasteiger partial charge < -0.3 is 4.74 Å². The van der Waals surface area contributed by atoms with Crippen LogP contribution in [0.2, 0.25) is 5.02 Å². The SMILES string of the molecule is CCN(CC(C)C(=O)OC)S(=O)(=O)c1cccc(Cl)c1C#N. The van der Waals surface area contributed by atoms with E-state index in [1.54, 1.807) is 19.9 Å². The van der Waals surface area contributed by atoms with E-state index in [2.05, 4.69) is 4.74 Å². The molecule has 0 aliphatic rings. The normalized spacial score (nSPS) is 12.7. The smallest absolute Gasteiger partial charge is 0.309 e. The van der Waals surface area contributed by atoms with E-state index in [1.165, 1.54) is 25.3 Å². The van der Waals surface area contributed by atoms with Gasteiger partial charge >= 0.3 is 5.97 Å². The summed E-state index contributed by atoms with van der Waals surface area (Å²) in [7, 11) is -2.69. The Bertz CT molecular complexity index is 697. The summed E-state index contributed by atoms with van der Waals surface area (Å²) in [6.45, 7) is 3.34. The van der Waals surface area contributed by atoms with E-state index in [0.717, 1.165) is 4.31 Å². The number of nitrogens with zero attached hydrogens (tertiary/aromatic N) is 2. The fraction of sp³-hybridized carbons (Fsp3) is 0.429. The number of hydrogen-bond donors (Lipinski definition) is 0. The number of nitriles is 1. The summed E-state index contributed by atoms with van der Waals surface area (Å²) >= 11 is 5.88. The second kappa shape index (κ2) is 7.58. The maximum absolute atomic E-state index is 12.7. The lowest BCUT2D eigenvalue weighted by atomic mass is 10.2. The van der Waals surface area contributed by atoms with Gasteiger partial charge in [-0.05, 0) is 12.1 Å². The highest BCUT2D eigenvalue weighted by atomic mass is 35.5. The second-order valence-electron chi connectivity index (χ2n) is 4.60. The van der Waals surface area contributed by atoms with E-state index in [-0.39, 0.29) is 28.6 Å². The Morgan fingerprint density at radius 2 is 2.14 bits per heavy atom. The van der Waals surface area contributed by atoms with Crippen molar-refractivity contribution in [2.45, 2.75) is 18.7 Å². The van der Waals surface area contributed by atoms with Gasteiger partial charge in [0.25, 0.3) is 0 Å². The Morgan fingerprint density at radius 1 is 1.50 bits per heavy atom. The third-order valence-electron chi connectivity index (χ3n) is 3.14. The molecule has 1 aromatic carbocycles. The predicted octanol–water partition coefficient (Wildman–Crippen LogP) is 2.03. The van der Waals surface area contributed by atoms with Gasteiger partial charge in [0.15, 0.2) is 0 Å². The van der Waals surface area contributed by atoms with Crippen molar-refractivity contribution in [2.75, 3.05) is 20.2 Å². The number of carbonyl (C=O) groups excluding carboxylic acids is 1. The van der Waals surface area contributed by atoms with Crippen LogP contribution in [0.4, 0.5) is 0 Å². The number of sulfonamides is 1. The summed E-state index contributed by atoms with van der Waals surface area (Å²) in [4.78, 5) is 11.3. The molecule has 0 heterocycles. The van der Waals surface area contributed by atoms with Gasteiger partial charge in [0.05, 0.1) is 23.6 Å². The van der Waals surface area contributed by atoms with E-state index in [9.17, 15) is 13.2 Å². The van der Waals surface area contributed by atoms with Gasteiger partial charge in [-0.15, -0.1) is 0 Å². The molecule has 8 heteroatoms. The summed E-state index contributed by atoms with van der Waals surface area (Å²) in [5.41, 5.74) is -0.103. The first-order valence-corrected chi connectivity index (χ1v) is 8.37. The molecule has 0 aliphatic carbocycles. The van der Waals surface area contributed by atoms with Crippen LogP contribution in [0.25, 0.3) is 0 Å². The maximum Gasteiger partial charge on any atom is 0.309 e. The quantitative estimate of drug-likeness (QED) is 0.737. The van der Waals surface area contributed by atoms with Crippen LogP contribution in [-0.2, 0) is 19.6 Å². The van der Waals surface area contributed by atoms with Gasteiger partial charge in [-0.2, -0.15) is 9.57 Å². The van der Waals surface area contributed by atoms with Gasteiger partial charge in [-0.1, -0.05) is 31.5 Å². The Morgan fingerprint density at radius 3 is 2.64 bits per heavy atom. The highest BCUT2D eigenvalue weighted by Gasteiger charge is 2.30. The van der Waals surface area contributed by atoms with Crippen LogP contribution in [0.5, 0.6) is 0 Å². The molecule has 0 N–H and O–H groups in total. The van der Waals surface area contributed by atoms with Gasteiger partial charge in [0.1, 0.15) is 11.0 Å². The van der Waals surface area contributed by atoms with Gasteiger partial charge in [-0.3, -0.25) is 4.79 Å². The molecule has 0 saturated carbocycles. The summed E-state index contributed by atoms with van der Waals surface area (Å²) < 4.78 is 31.1. The lowest BCUT2D eigenvalue weighted by Crippen LogP contribution is -2.37. The van der Waals surface area contributed by atoms with Crippen LogP contribution >= 0.6 is 11.6 Å². The molecule has 0 radical (unpaired) electrons. The molecule has 0 saturated heterocycles. The number of ether oxygens (including phenoxy) is 1. The van der Waals surface area contributed by atoms with Crippen molar-refractivity contribution < 1.29 is 17.9 Å². The lowest BCUT2D eigenvalue weighted by Gasteiger charge is -2.23. The molecule has 22 heavy (non-hydrogen) atoms. The molecule has 1 atom stereocenters. The highest BCUT2D eigenvalue weighted by molar-refractivity contribution is 7.89. The third kappa shape index (κ3) is 3.77. The van der Waals surface area contributed by atoms with Crippen molar-refractivity contribution in [3.05, 3.63) is 28.8 Å². The standard InChI is InChI=1S/C14H17ClN2O4S/c1-4-17(9-10(2)14(18)21-3)22(19,20)13-7-5-6-12(15)11(13)8-16/h5-7,10H,4,9H2,1-3H3. The number of carbonyl (C=O) groups is 1. The Kier molecular flexibility index (Phi) is 6.35. The van der Waals surface area contributed by atoms with E-state index >= 15 is 0 Å². The molecule has 120 valence electrons. The zero-order valence-corrected chi connectivity index (χ0v) is 14.1. The Labute approximate surface area is 135 Å². The first-order valence-electron chi connectivity index (χ1n) is 6.56. The summed E-state index contributed by atoms with van der Waals surface area (Å²) in [5, 5.41) is 9.20. The molecular weight excluding hydrogens is 328 g/mol. The first-order chi connectivity index (χ1) is 10.3. The maximum atomic E-state index is 12.7. The molecule has 1 unspecified atom stereocenters. The number of rotatable bonds is 6. The zero-order valence-electron chi connectivity index (χ0n) is 12.5. The third-order valence-corrected chi connectivity index (χ3v) is 5.44. The number of esters is 1. The van der Waals surface area contributed by atoms with Gasteiger partial charge in [0.2, 0.25) is 10.0 Å². The van der Waals surface area contributed by atoms with Crippen molar-refractivity contribution in [2.24, 2.45) is 5.92 Å². The summed E-state index contributed by atoms with van der Waals surface area (Å²) in [6.07, 6.45) is 0. The fourth-order valence-corrected chi connectivity index (χ4v) is 3.92. The van der Waals surface area contributed by atoms with Crippen LogP contribution in [0.3, 0.4) is 0 Å². The number of benzene rings is 1. The molecule has 0 amide bonds. The van der Waals surface area contributed by atoms with Crippen molar-refractivity contribution in [1.29, 1.82) is 5.26 Å². The zero-order chi connectivity index (χ0) is 16.9. The first kappa shape index (κ1) is 18.4. The van der Waals surface area contributed by atoms with Crippen molar-refractivity contribution in [3.63, 3.8) is 0 Å². The Balaban J connectivity index is 3.24. The molecule has 0 spiro atoms. The van der Waals surface area contributed by atoms with Crippen molar-refractivity contribution in [3.8, 4) is 6.07 Å². The molecule has 0 bridgehead atoms. The van der Waals surface area contributed by atoms with E-state index in [4.69, 9.17) is 16.9 Å². The average Bonchev–Trinajstić information content (AvgIpc) is 2.50. The molecule has 0 aromatic heterocycles. The monoisotopic (exact) mass is 344 g/mol. The number of halogens is 1. The summed E-state index contributed by atoms with van der Waals surface area (Å²) in [6, 6.07) is 6.05. The molecule has 0 fully saturated rings. The second-order valence-corrected chi connectivity index (χ2v) is 6.92. The van der Waals surface area contributed by atoms with Crippen molar-refractivity contribution >= 4 is 27.6 Å². The van der Waals surface area contributed by atoms with Crippen LogP contribution in [-0.4, -0.2) is 38.9 Å². The van der Waals surface area contributed by atoms with Crippen LogP contribution < -0.4 is 0 Å². The lowest BCUT2D eigenvalue weighted by molar-refractivity contribution is -0.145. The fourth-order valence-electron chi connectivity index (χ4n) is 1.95. The van der Waals surface area contributed by atoms with E-state index in [0.29, 0.717) is 0 Å². The van der Waals surface area contributed by atoms with E-state index in [1.807, 2.05) is 0 Å².